The van der Waals surface area contributed by atoms with Crippen LogP contribution in [0.4, 0.5) is 5.69 Å². The van der Waals surface area contributed by atoms with Crippen molar-refractivity contribution in [3.8, 4) is 0 Å². The third-order valence-electron chi connectivity index (χ3n) is 4.36. The molecule has 1 aromatic rings. The second kappa shape index (κ2) is 8.47. The molecule has 0 heterocycles. The predicted octanol–water partition coefficient (Wildman–Crippen LogP) is 2.34. The quantitative estimate of drug-likeness (QED) is 0.714. The number of amides is 2. The van der Waals surface area contributed by atoms with E-state index in [4.69, 9.17) is 5.11 Å². The number of aryl methyl sites for hydroxylation is 1. The van der Waals surface area contributed by atoms with E-state index in [1.54, 1.807) is 12.1 Å². The Morgan fingerprint density at radius 2 is 1.79 bits per heavy atom. The number of nitrogens with one attached hydrogen (secondary N) is 2. The molecule has 1 saturated carbocycles. The van der Waals surface area contributed by atoms with Gasteiger partial charge in [-0.1, -0.05) is 25.0 Å². The van der Waals surface area contributed by atoms with Crippen LogP contribution >= 0.6 is 0 Å². The highest BCUT2D eigenvalue weighted by molar-refractivity contribution is 5.97. The highest BCUT2D eigenvalue weighted by Gasteiger charge is 2.31. The average Bonchev–Trinajstić information content (AvgIpc) is 3.05. The highest BCUT2D eigenvalue weighted by Crippen LogP contribution is 2.28. The van der Waals surface area contributed by atoms with Crippen molar-refractivity contribution in [1.82, 2.24) is 5.32 Å². The zero-order valence-electron chi connectivity index (χ0n) is 13.9. The Morgan fingerprint density at radius 1 is 1.17 bits per heavy atom. The van der Waals surface area contributed by atoms with Gasteiger partial charge >= 0.3 is 5.97 Å². The third-order valence-corrected chi connectivity index (χ3v) is 4.36. The van der Waals surface area contributed by atoms with Crippen LogP contribution in [0.15, 0.2) is 24.3 Å². The molecular formula is C18H24N2O4. The lowest BCUT2D eigenvalue weighted by molar-refractivity contribution is -0.137. The van der Waals surface area contributed by atoms with Crippen LogP contribution in [0.3, 0.4) is 0 Å². The van der Waals surface area contributed by atoms with Gasteiger partial charge in [-0.05, 0) is 42.9 Å². The van der Waals surface area contributed by atoms with E-state index in [9.17, 15) is 14.4 Å². The van der Waals surface area contributed by atoms with Crippen LogP contribution in [0.5, 0.6) is 0 Å². The molecule has 2 rings (SSSR count). The molecular weight excluding hydrogens is 308 g/mol. The van der Waals surface area contributed by atoms with E-state index in [0.717, 1.165) is 31.2 Å². The molecule has 1 aliphatic rings. The van der Waals surface area contributed by atoms with Gasteiger partial charge < -0.3 is 15.7 Å². The first kappa shape index (κ1) is 18.0. The van der Waals surface area contributed by atoms with Crippen LogP contribution in [-0.4, -0.2) is 28.9 Å². The van der Waals surface area contributed by atoms with Gasteiger partial charge in [-0.2, -0.15) is 0 Å². The number of benzene rings is 1. The van der Waals surface area contributed by atoms with Crippen molar-refractivity contribution < 1.29 is 19.5 Å². The van der Waals surface area contributed by atoms with Crippen molar-refractivity contribution in [3.05, 3.63) is 29.8 Å². The van der Waals surface area contributed by atoms with Gasteiger partial charge in [-0.15, -0.1) is 0 Å². The standard InChI is InChI=1S/C18H24N2O4/c1-12(21)19-17(14-4-2-3-5-14)18(24)20-15-9-6-13(7-10-15)8-11-16(22)23/h6-7,9-10,14,17H,2-5,8,11H2,1H3,(H,19,21)(H,20,24)(H,22,23). The molecule has 0 bridgehead atoms. The molecule has 0 aromatic heterocycles. The largest absolute Gasteiger partial charge is 0.481 e. The van der Waals surface area contributed by atoms with Crippen LogP contribution in [0.25, 0.3) is 0 Å². The zero-order valence-corrected chi connectivity index (χ0v) is 13.9. The predicted molar refractivity (Wildman–Crippen MR) is 90.6 cm³/mol. The monoisotopic (exact) mass is 332 g/mol. The number of carboxylic acids is 1. The molecule has 6 nitrogen and oxygen atoms in total. The average molecular weight is 332 g/mol. The summed E-state index contributed by atoms with van der Waals surface area (Å²) in [4.78, 5) is 34.5. The maximum atomic E-state index is 12.5. The second-order valence-electron chi connectivity index (χ2n) is 6.30. The van der Waals surface area contributed by atoms with E-state index in [0.29, 0.717) is 12.1 Å². The van der Waals surface area contributed by atoms with Gasteiger partial charge in [-0.25, -0.2) is 0 Å². The lowest BCUT2D eigenvalue weighted by atomic mass is 9.97. The molecule has 24 heavy (non-hydrogen) atoms. The minimum absolute atomic E-state index is 0.0813. The van der Waals surface area contributed by atoms with Crippen LogP contribution in [-0.2, 0) is 20.8 Å². The molecule has 1 atom stereocenters. The first-order chi connectivity index (χ1) is 11.5. The number of carbonyl (C=O) groups excluding carboxylic acids is 2. The molecule has 1 aliphatic carbocycles. The first-order valence-corrected chi connectivity index (χ1v) is 8.34. The van der Waals surface area contributed by atoms with E-state index in [2.05, 4.69) is 10.6 Å². The van der Waals surface area contributed by atoms with E-state index < -0.39 is 12.0 Å². The van der Waals surface area contributed by atoms with E-state index >= 15 is 0 Å². The van der Waals surface area contributed by atoms with E-state index in [1.165, 1.54) is 6.92 Å². The van der Waals surface area contributed by atoms with Crippen molar-refractivity contribution >= 4 is 23.5 Å². The Balaban J connectivity index is 1.97. The van der Waals surface area contributed by atoms with Gasteiger partial charge in [0.1, 0.15) is 6.04 Å². The van der Waals surface area contributed by atoms with Crippen molar-refractivity contribution in [2.24, 2.45) is 5.92 Å². The summed E-state index contributed by atoms with van der Waals surface area (Å²) in [6.07, 6.45) is 4.62. The molecule has 0 saturated heterocycles. The number of hydrogen-bond acceptors (Lipinski definition) is 3. The molecule has 2 amide bonds. The second-order valence-corrected chi connectivity index (χ2v) is 6.30. The zero-order chi connectivity index (χ0) is 17.5. The highest BCUT2D eigenvalue weighted by atomic mass is 16.4. The molecule has 1 unspecified atom stereocenters. The number of carbonyl (C=O) groups is 3. The topological polar surface area (TPSA) is 95.5 Å². The number of hydrogen-bond donors (Lipinski definition) is 3. The van der Waals surface area contributed by atoms with Gasteiger partial charge in [0.2, 0.25) is 11.8 Å². The van der Waals surface area contributed by atoms with Gasteiger partial charge in [-0.3, -0.25) is 14.4 Å². The summed E-state index contributed by atoms with van der Waals surface area (Å²) in [5.74, 6) is -1.05. The third kappa shape index (κ3) is 5.37. The molecule has 1 aromatic carbocycles. The number of carboxylic acid groups (broad SMARTS) is 1. The molecule has 0 aliphatic heterocycles. The summed E-state index contributed by atoms with van der Waals surface area (Å²) < 4.78 is 0. The van der Waals surface area contributed by atoms with E-state index in [1.807, 2.05) is 12.1 Å². The van der Waals surface area contributed by atoms with Gasteiger partial charge in [0.15, 0.2) is 0 Å². The summed E-state index contributed by atoms with van der Waals surface area (Å²) in [6, 6.07) is 6.63. The molecule has 0 spiro atoms. The summed E-state index contributed by atoms with van der Waals surface area (Å²) in [5.41, 5.74) is 1.55. The van der Waals surface area contributed by atoms with Crippen LogP contribution in [0.2, 0.25) is 0 Å². The number of aliphatic carboxylic acids is 1. The van der Waals surface area contributed by atoms with Crippen LogP contribution in [0.1, 0.15) is 44.6 Å². The van der Waals surface area contributed by atoms with Gasteiger partial charge in [0, 0.05) is 19.0 Å². The Kier molecular flexibility index (Phi) is 6.35. The van der Waals surface area contributed by atoms with Crippen molar-refractivity contribution in [2.75, 3.05) is 5.32 Å². The Bertz CT molecular complexity index is 592. The fraction of sp³-hybridized carbons (Fsp3) is 0.500. The summed E-state index contributed by atoms with van der Waals surface area (Å²) >= 11 is 0. The summed E-state index contributed by atoms with van der Waals surface area (Å²) in [5, 5.41) is 14.3. The minimum atomic E-state index is -0.831. The SMILES string of the molecule is CC(=O)NC(C(=O)Nc1ccc(CCC(=O)O)cc1)C1CCCC1. The number of anilines is 1. The molecule has 0 radical (unpaired) electrons. The Morgan fingerprint density at radius 3 is 2.33 bits per heavy atom. The Hall–Kier alpha value is -2.37. The van der Waals surface area contributed by atoms with Crippen LogP contribution in [0, 0.1) is 5.92 Å². The Labute approximate surface area is 141 Å². The molecule has 130 valence electrons. The van der Waals surface area contributed by atoms with Crippen molar-refractivity contribution in [2.45, 2.75) is 51.5 Å². The summed E-state index contributed by atoms with van der Waals surface area (Å²) in [7, 11) is 0. The van der Waals surface area contributed by atoms with Gasteiger partial charge in [0.25, 0.3) is 0 Å². The van der Waals surface area contributed by atoms with E-state index in [-0.39, 0.29) is 24.2 Å². The first-order valence-electron chi connectivity index (χ1n) is 8.34. The fourth-order valence-corrected chi connectivity index (χ4v) is 3.13. The summed E-state index contributed by atoms with van der Waals surface area (Å²) in [6.45, 7) is 1.42. The fourth-order valence-electron chi connectivity index (χ4n) is 3.13. The minimum Gasteiger partial charge on any atom is -0.481 e. The van der Waals surface area contributed by atoms with Crippen molar-refractivity contribution in [1.29, 1.82) is 0 Å². The molecule has 1 fully saturated rings. The normalized spacial score (nSPS) is 15.7. The lowest BCUT2D eigenvalue weighted by Crippen LogP contribution is -2.47. The van der Waals surface area contributed by atoms with Crippen molar-refractivity contribution in [3.63, 3.8) is 0 Å². The van der Waals surface area contributed by atoms with Crippen LogP contribution < -0.4 is 10.6 Å². The molecule has 3 N–H and O–H groups in total. The smallest absolute Gasteiger partial charge is 0.303 e. The maximum Gasteiger partial charge on any atom is 0.303 e. The maximum absolute atomic E-state index is 12.5. The lowest BCUT2D eigenvalue weighted by Gasteiger charge is -2.23. The number of rotatable bonds is 7. The molecule has 6 heteroatoms. The van der Waals surface area contributed by atoms with Gasteiger partial charge in [0.05, 0.1) is 0 Å².